The fraction of sp³-hybridized carbons (Fsp3) is 1.00. The van der Waals surface area contributed by atoms with Crippen LogP contribution >= 0.6 is 0 Å². The quantitative estimate of drug-likeness (QED) is 0.637. The van der Waals surface area contributed by atoms with Crippen molar-refractivity contribution >= 4 is 9.84 Å². The number of aliphatic hydroxyl groups excluding tert-OH is 1. The van der Waals surface area contributed by atoms with E-state index in [1.54, 1.807) is 0 Å². The summed E-state index contributed by atoms with van der Waals surface area (Å²) in [7, 11) is -0.838. The van der Waals surface area contributed by atoms with Crippen LogP contribution in [0.5, 0.6) is 0 Å². The van der Waals surface area contributed by atoms with Gasteiger partial charge >= 0.3 is 0 Å². The van der Waals surface area contributed by atoms with Gasteiger partial charge in [-0.25, -0.2) is 8.42 Å². The standard InChI is InChI=1S/C11H23NO3S/c1-12(9-11(13)10-5-6-10)7-3-4-8-16(2,14)15/h10-11,13H,3-9H2,1-2H3. The lowest BCUT2D eigenvalue weighted by atomic mass is 10.2. The number of hydrogen-bond acceptors (Lipinski definition) is 4. The van der Waals surface area contributed by atoms with E-state index in [2.05, 4.69) is 4.90 Å². The van der Waals surface area contributed by atoms with Crippen molar-refractivity contribution in [3.63, 3.8) is 0 Å². The molecule has 1 aliphatic carbocycles. The van der Waals surface area contributed by atoms with Crippen LogP contribution in [-0.4, -0.2) is 56.7 Å². The number of likely N-dealkylation sites (N-methyl/N-ethyl adjacent to an activating group) is 1. The van der Waals surface area contributed by atoms with Crippen LogP contribution in [0.4, 0.5) is 0 Å². The van der Waals surface area contributed by atoms with Gasteiger partial charge in [0.05, 0.1) is 6.10 Å². The Labute approximate surface area is 98.6 Å². The van der Waals surface area contributed by atoms with Crippen LogP contribution in [0.1, 0.15) is 25.7 Å². The second-order valence-electron chi connectivity index (χ2n) is 5.00. The number of aliphatic hydroxyl groups is 1. The molecular weight excluding hydrogens is 226 g/mol. The van der Waals surface area contributed by atoms with Crippen LogP contribution in [-0.2, 0) is 9.84 Å². The van der Waals surface area contributed by atoms with Crippen molar-refractivity contribution in [2.24, 2.45) is 5.92 Å². The summed E-state index contributed by atoms with van der Waals surface area (Å²) in [5.74, 6) is 0.782. The smallest absolute Gasteiger partial charge is 0.147 e. The first-order chi connectivity index (χ1) is 7.38. The van der Waals surface area contributed by atoms with E-state index in [1.165, 1.54) is 6.26 Å². The van der Waals surface area contributed by atoms with Crippen molar-refractivity contribution in [1.29, 1.82) is 0 Å². The molecule has 1 atom stereocenters. The van der Waals surface area contributed by atoms with E-state index in [0.29, 0.717) is 18.9 Å². The number of rotatable bonds is 8. The predicted molar refractivity (Wildman–Crippen MR) is 65.2 cm³/mol. The highest BCUT2D eigenvalue weighted by molar-refractivity contribution is 7.90. The SMILES string of the molecule is CN(CCCCS(C)(=O)=O)CC(O)C1CC1. The molecule has 4 nitrogen and oxygen atoms in total. The zero-order chi connectivity index (χ0) is 12.2. The molecule has 0 radical (unpaired) electrons. The highest BCUT2D eigenvalue weighted by atomic mass is 32.2. The van der Waals surface area contributed by atoms with Crippen LogP contribution in [0.3, 0.4) is 0 Å². The number of hydrogen-bond donors (Lipinski definition) is 1. The van der Waals surface area contributed by atoms with Crippen molar-refractivity contribution in [3.05, 3.63) is 0 Å². The Morgan fingerprint density at radius 3 is 2.50 bits per heavy atom. The zero-order valence-corrected chi connectivity index (χ0v) is 11.0. The third kappa shape index (κ3) is 6.45. The summed E-state index contributed by atoms with van der Waals surface area (Å²) in [5, 5.41) is 9.71. The molecule has 1 saturated carbocycles. The molecule has 5 heteroatoms. The molecule has 16 heavy (non-hydrogen) atoms. The molecule has 0 aromatic carbocycles. The average molecular weight is 249 g/mol. The second kappa shape index (κ2) is 5.98. The van der Waals surface area contributed by atoms with Gasteiger partial charge in [-0.05, 0) is 45.2 Å². The van der Waals surface area contributed by atoms with Crippen molar-refractivity contribution in [2.45, 2.75) is 31.8 Å². The van der Waals surface area contributed by atoms with Crippen LogP contribution < -0.4 is 0 Å². The van der Waals surface area contributed by atoms with Gasteiger partial charge in [-0.3, -0.25) is 0 Å². The molecule has 1 unspecified atom stereocenters. The minimum absolute atomic E-state index is 0.195. The van der Waals surface area contributed by atoms with E-state index >= 15 is 0 Å². The molecule has 1 fully saturated rings. The van der Waals surface area contributed by atoms with Crippen LogP contribution in [0, 0.1) is 5.92 Å². The minimum atomic E-state index is -2.82. The summed E-state index contributed by atoms with van der Waals surface area (Å²) in [4.78, 5) is 2.09. The van der Waals surface area contributed by atoms with Crippen molar-refractivity contribution in [3.8, 4) is 0 Å². The predicted octanol–water partition coefficient (Wildman–Crippen LogP) is 0.514. The number of unbranched alkanes of at least 4 members (excludes halogenated alkanes) is 1. The van der Waals surface area contributed by atoms with E-state index in [4.69, 9.17) is 0 Å². The maximum absolute atomic E-state index is 10.9. The Bertz CT molecular complexity index is 298. The number of nitrogens with zero attached hydrogens (tertiary/aromatic N) is 1. The van der Waals surface area contributed by atoms with Gasteiger partial charge in [-0.1, -0.05) is 0 Å². The fourth-order valence-electron chi connectivity index (χ4n) is 1.79. The van der Waals surface area contributed by atoms with Gasteiger partial charge < -0.3 is 10.0 Å². The molecule has 0 heterocycles. The lowest BCUT2D eigenvalue weighted by Crippen LogP contribution is -2.31. The Hall–Kier alpha value is -0.130. The van der Waals surface area contributed by atoms with E-state index in [0.717, 1.165) is 25.8 Å². The van der Waals surface area contributed by atoms with Crippen LogP contribution in [0.2, 0.25) is 0 Å². The molecule has 0 aromatic heterocycles. The average Bonchev–Trinajstić information content (AvgIpc) is 2.93. The van der Waals surface area contributed by atoms with Gasteiger partial charge in [0.1, 0.15) is 9.84 Å². The summed E-state index contributed by atoms with van der Waals surface area (Å²) in [6, 6.07) is 0. The molecular formula is C11H23NO3S. The monoisotopic (exact) mass is 249 g/mol. The van der Waals surface area contributed by atoms with Gasteiger partial charge in [0.15, 0.2) is 0 Å². The van der Waals surface area contributed by atoms with Crippen LogP contribution in [0.15, 0.2) is 0 Å². The first kappa shape index (κ1) is 13.9. The molecule has 0 bridgehead atoms. The molecule has 1 aliphatic rings. The first-order valence-electron chi connectivity index (χ1n) is 5.93. The Morgan fingerprint density at radius 1 is 1.38 bits per heavy atom. The normalized spacial score (nSPS) is 19.0. The minimum Gasteiger partial charge on any atom is -0.392 e. The molecule has 0 saturated heterocycles. The van der Waals surface area contributed by atoms with E-state index in [9.17, 15) is 13.5 Å². The Kier molecular flexibility index (Phi) is 5.21. The maximum Gasteiger partial charge on any atom is 0.147 e. The Balaban J connectivity index is 2.03. The molecule has 0 amide bonds. The fourth-order valence-corrected chi connectivity index (χ4v) is 2.52. The number of sulfone groups is 1. The molecule has 0 aromatic rings. The Morgan fingerprint density at radius 2 is 2.00 bits per heavy atom. The maximum atomic E-state index is 10.9. The largest absolute Gasteiger partial charge is 0.392 e. The highest BCUT2D eigenvalue weighted by Gasteiger charge is 2.29. The van der Waals surface area contributed by atoms with Crippen molar-refractivity contribution < 1.29 is 13.5 Å². The van der Waals surface area contributed by atoms with E-state index in [1.807, 2.05) is 7.05 Å². The summed E-state index contributed by atoms with van der Waals surface area (Å²) in [6.07, 6.45) is 4.98. The molecule has 96 valence electrons. The van der Waals surface area contributed by atoms with Gasteiger partial charge in [-0.2, -0.15) is 0 Å². The van der Waals surface area contributed by atoms with Gasteiger partial charge in [-0.15, -0.1) is 0 Å². The first-order valence-corrected chi connectivity index (χ1v) is 7.99. The summed E-state index contributed by atoms with van der Waals surface area (Å²) >= 11 is 0. The molecule has 1 N–H and O–H groups in total. The second-order valence-corrected chi connectivity index (χ2v) is 7.26. The van der Waals surface area contributed by atoms with Crippen LogP contribution in [0.25, 0.3) is 0 Å². The third-order valence-electron chi connectivity index (χ3n) is 2.97. The lowest BCUT2D eigenvalue weighted by Gasteiger charge is -2.20. The highest BCUT2D eigenvalue weighted by Crippen LogP contribution is 2.32. The zero-order valence-electron chi connectivity index (χ0n) is 10.2. The third-order valence-corrected chi connectivity index (χ3v) is 4.00. The van der Waals surface area contributed by atoms with Gasteiger partial charge in [0.25, 0.3) is 0 Å². The molecule has 0 spiro atoms. The molecule has 1 rings (SSSR count). The van der Waals surface area contributed by atoms with Crippen molar-refractivity contribution in [2.75, 3.05) is 32.1 Å². The van der Waals surface area contributed by atoms with E-state index in [-0.39, 0.29) is 11.9 Å². The molecule has 0 aliphatic heterocycles. The van der Waals surface area contributed by atoms with E-state index < -0.39 is 9.84 Å². The van der Waals surface area contributed by atoms with Crippen molar-refractivity contribution in [1.82, 2.24) is 4.90 Å². The summed E-state index contributed by atoms with van der Waals surface area (Å²) in [5.41, 5.74) is 0. The summed E-state index contributed by atoms with van der Waals surface area (Å²) < 4.78 is 21.8. The van der Waals surface area contributed by atoms with Gasteiger partial charge in [0.2, 0.25) is 0 Å². The van der Waals surface area contributed by atoms with Gasteiger partial charge in [0, 0.05) is 18.6 Å². The lowest BCUT2D eigenvalue weighted by molar-refractivity contribution is 0.106. The summed E-state index contributed by atoms with van der Waals surface area (Å²) in [6.45, 7) is 1.57. The topological polar surface area (TPSA) is 57.6 Å².